The summed E-state index contributed by atoms with van der Waals surface area (Å²) in [7, 11) is 1.84. The number of benzene rings is 1. The summed E-state index contributed by atoms with van der Waals surface area (Å²) in [5, 5.41) is 12.8. The van der Waals surface area contributed by atoms with Crippen molar-refractivity contribution in [2.75, 3.05) is 13.7 Å². The number of halogens is 1. The maximum atomic E-state index is 11.1. The number of carboxylic acids is 1. The van der Waals surface area contributed by atoms with Crippen LogP contribution in [0.25, 0.3) is 0 Å². The summed E-state index contributed by atoms with van der Waals surface area (Å²) in [5.74, 6) is -0.231. The van der Waals surface area contributed by atoms with E-state index in [0.29, 0.717) is 10.8 Å². The number of hydrogen-bond donors (Lipinski definition) is 2. The molecule has 0 spiro atoms. The van der Waals surface area contributed by atoms with Crippen LogP contribution in [0.3, 0.4) is 0 Å². The molecule has 1 aromatic carbocycles. The molecule has 1 unspecified atom stereocenters. The zero-order valence-corrected chi connectivity index (χ0v) is 12.4. The van der Waals surface area contributed by atoms with E-state index >= 15 is 0 Å². The van der Waals surface area contributed by atoms with Crippen molar-refractivity contribution < 1.29 is 14.6 Å². The number of ether oxygens (including phenoxy) is 1. The first-order valence-corrected chi connectivity index (χ1v) is 6.48. The zero-order chi connectivity index (χ0) is 14.6. The molecule has 0 heterocycles. The van der Waals surface area contributed by atoms with Gasteiger partial charge in [-0.1, -0.05) is 11.6 Å². The fourth-order valence-electron chi connectivity index (χ4n) is 1.46. The van der Waals surface area contributed by atoms with Crippen LogP contribution >= 0.6 is 11.6 Å². The minimum absolute atomic E-state index is 0.0710. The molecule has 0 saturated carbocycles. The second-order valence-corrected chi connectivity index (χ2v) is 5.61. The van der Waals surface area contributed by atoms with Gasteiger partial charge in [0.25, 0.3) is 0 Å². The van der Waals surface area contributed by atoms with Gasteiger partial charge in [0, 0.05) is 16.6 Å². The predicted octanol–water partition coefficient (Wildman–Crippen LogP) is 3.11. The van der Waals surface area contributed by atoms with Gasteiger partial charge in [-0.15, -0.1) is 0 Å². The van der Waals surface area contributed by atoms with Gasteiger partial charge in [0.05, 0.1) is 5.41 Å². The summed E-state index contributed by atoms with van der Waals surface area (Å²) in [6.45, 7) is 5.35. The highest BCUT2D eigenvalue weighted by Crippen LogP contribution is 2.29. The molecule has 106 valence electrons. The van der Waals surface area contributed by atoms with E-state index < -0.39 is 11.4 Å². The molecule has 0 fully saturated rings. The first-order chi connectivity index (χ1) is 8.77. The van der Waals surface area contributed by atoms with E-state index in [2.05, 4.69) is 5.32 Å². The Morgan fingerprint density at radius 1 is 1.53 bits per heavy atom. The van der Waals surface area contributed by atoms with Crippen LogP contribution in [0.5, 0.6) is 5.75 Å². The summed E-state index contributed by atoms with van der Waals surface area (Å²) in [6, 6.07) is 5.40. The normalized spacial score (nSPS) is 13.1. The van der Waals surface area contributed by atoms with Gasteiger partial charge in [0.1, 0.15) is 12.4 Å². The SMILES string of the molecule is CNC(C)c1cc(Cl)ccc1OCC(C)(C)C(=O)O. The molecule has 1 rings (SSSR count). The van der Waals surface area contributed by atoms with Crippen molar-refractivity contribution >= 4 is 17.6 Å². The first kappa shape index (κ1) is 15.8. The average Bonchev–Trinajstić information content (AvgIpc) is 2.36. The Balaban J connectivity index is 2.92. The third-order valence-corrected chi connectivity index (χ3v) is 3.27. The number of rotatable bonds is 6. The Morgan fingerprint density at radius 3 is 2.68 bits per heavy atom. The molecule has 1 aromatic rings. The monoisotopic (exact) mass is 285 g/mol. The quantitative estimate of drug-likeness (QED) is 0.843. The molecule has 19 heavy (non-hydrogen) atoms. The van der Waals surface area contributed by atoms with Gasteiger partial charge < -0.3 is 15.2 Å². The highest BCUT2D eigenvalue weighted by Gasteiger charge is 2.28. The van der Waals surface area contributed by atoms with Crippen molar-refractivity contribution in [1.29, 1.82) is 0 Å². The Hall–Kier alpha value is -1.26. The molecule has 0 aromatic heterocycles. The van der Waals surface area contributed by atoms with Crippen LogP contribution in [0, 0.1) is 5.41 Å². The van der Waals surface area contributed by atoms with Crippen molar-refractivity contribution in [3.63, 3.8) is 0 Å². The minimum Gasteiger partial charge on any atom is -0.492 e. The second kappa shape index (κ2) is 6.26. The predicted molar refractivity (Wildman–Crippen MR) is 75.8 cm³/mol. The number of carbonyl (C=O) groups is 1. The molecule has 2 N–H and O–H groups in total. The van der Waals surface area contributed by atoms with Crippen LogP contribution in [0.4, 0.5) is 0 Å². The first-order valence-electron chi connectivity index (χ1n) is 6.11. The van der Waals surface area contributed by atoms with Gasteiger partial charge in [-0.3, -0.25) is 4.79 Å². The Morgan fingerprint density at radius 2 is 2.16 bits per heavy atom. The van der Waals surface area contributed by atoms with Crippen molar-refractivity contribution in [1.82, 2.24) is 5.32 Å². The van der Waals surface area contributed by atoms with E-state index in [0.717, 1.165) is 5.56 Å². The molecule has 1 atom stereocenters. The summed E-state index contributed by atoms with van der Waals surface area (Å²) >= 11 is 5.98. The standard InChI is InChI=1S/C14H20ClNO3/c1-9(16-4)11-7-10(15)5-6-12(11)19-8-14(2,3)13(17)18/h5-7,9,16H,8H2,1-4H3,(H,17,18). The molecule has 0 saturated heterocycles. The molecule has 4 nitrogen and oxygen atoms in total. The molecular weight excluding hydrogens is 266 g/mol. The molecule has 0 aliphatic rings. The van der Waals surface area contributed by atoms with Crippen molar-refractivity contribution in [2.45, 2.75) is 26.8 Å². The fraction of sp³-hybridized carbons (Fsp3) is 0.500. The lowest BCUT2D eigenvalue weighted by Crippen LogP contribution is -2.31. The summed E-state index contributed by atoms with van der Waals surface area (Å²) in [6.07, 6.45) is 0. The highest BCUT2D eigenvalue weighted by atomic mass is 35.5. The van der Waals surface area contributed by atoms with Gasteiger partial charge in [0.2, 0.25) is 0 Å². The van der Waals surface area contributed by atoms with Crippen molar-refractivity contribution in [3.8, 4) is 5.75 Å². The van der Waals surface area contributed by atoms with Crippen LogP contribution < -0.4 is 10.1 Å². The van der Waals surface area contributed by atoms with Gasteiger partial charge in [-0.25, -0.2) is 0 Å². The molecule has 0 amide bonds. The largest absolute Gasteiger partial charge is 0.492 e. The van der Waals surface area contributed by atoms with Crippen LogP contribution in [0.2, 0.25) is 5.02 Å². The van der Waals surface area contributed by atoms with Crippen LogP contribution in [-0.4, -0.2) is 24.7 Å². The van der Waals surface area contributed by atoms with E-state index in [4.69, 9.17) is 21.4 Å². The molecular formula is C14H20ClNO3. The maximum absolute atomic E-state index is 11.1. The number of nitrogens with one attached hydrogen (secondary N) is 1. The Kier molecular flexibility index (Phi) is 5.20. The second-order valence-electron chi connectivity index (χ2n) is 5.17. The lowest BCUT2D eigenvalue weighted by Gasteiger charge is -2.22. The third-order valence-electron chi connectivity index (χ3n) is 3.04. The van der Waals surface area contributed by atoms with Crippen LogP contribution in [-0.2, 0) is 4.79 Å². The molecule has 5 heteroatoms. The lowest BCUT2D eigenvalue weighted by atomic mass is 9.95. The summed E-state index contributed by atoms with van der Waals surface area (Å²) < 4.78 is 5.66. The average molecular weight is 286 g/mol. The molecule has 0 bridgehead atoms. The van der Waals surface area contributed by atoms with E-state index in [9.17, 15) is 4.79 Å². The maximum Gasteiger partial charge on any atom is 0.312 e. The summed E-state index contributed by atoms with van der Waals surface area (Å²) in [4.78, 5) is 11.1. The van der Waals surface area contributed by atoms with Crippen molar-refractivity contribution in [3.05, 3.63) is 28.8 Å². The van der Waals surface area contributed by atoms with Gasteiger partial charge in [-0.05, 0) is 46.0 Å². The molecule has 0 aliphatic carbocycles. The van der Waals surface area contributed by atoms with E-state index in [1.54, 1.807) is 26.0 Å². The minimum atomic E-state index is -0.931. The van der Waals surface area contributed by atoms with E-state index in [1.807, 2.05) is 20.0 Å². The van der Waals surface area contributed by atoms with Crippen molar-refractivity contribution in [2.24, 2.45) is 5.41 Å². The van der Waals surface area contributed by atoms with E-state index in [-0.39, 0.29) is 12.6 Å². The lowest BCUT2D eigenvalue weighted by molar-refractivity contribution is -0.148. The van der Waals surface area contributed by atoms with Crippen LogP contribution in [0.15, 0.2) is 18.2 Å². The van der Waals surface area contributed by atoms with E-state index in [1.165, 1.54) is 0 Å². The molecule has 0 radical (unpaired) electrons. The zero-order valence-electron chi connectivity index (χ0n) is 11.7. The summed E-state index contributed by atoms with van der Waals surface area (Å²) in [5.41, 5.74) is -0.0176. The van der Waals surface area contributed by atoms with Gasteiger partial charge in [-0.2, -0.15) is 0 Å². The van der Waals surface area contributed by atoms with Gasteiger partial charge in [0.15, 0.2) is 0 Å². The van der Waals surface area contributed by atoms with Gasteiger partial charge >= 0.3 is 5.97 Å². The Bertz CT molecular complexity index is 460. The topological polar surface area (TPSA) is 58.6 Å². The number of carboxylic acid groups (broad SMARTS) is 1. The number of hydrogen-bond acceptors (Lipinski definition) is 3. The fourth-order valence-corrected chi connectivity index (χ4v) is 1.65. The Labute approximate surface area is 118 Å². The highest BCUT2D eigenvalue weighted by molar-refractivity contribution is 6.30. The van der Waals surface area contributed by atoms with Crippen LogP contribution in [0.1, 0.15) is 32.4 Å². The molecule has 0 aliphatic heterocycles. The third kappa shape index (κ3) is 4.11. The number of aliphatic carboxylic acids is 1. The smallest absolute Gasteiger partial charge is 0.312 e.